The summed E-state index contributed by atoms with van der Waals surface area (Å²) >= 11 is 7.76. The van der Waals surface area contributed by atoms with Gasteiger partial charge in [-0.1, -0.05) is 54.1 Å². The van der Waals surface area contributed by atoms with Crippen molar-refractivity contribution < 1.29 is 43.5 Å². The highest BCUT2D eigenvalue weighted by Crippen LogP contribution is 2.46. The van der Waals surface area contributed by atoms with E-state index in [1.165, 1.54) is 17.3 Å². The average Bonchev–Trinajstić information content (AvgIpc) is 2.96. The zero-order chi connectivity index (χ0) is 27.9. The average molecular weight is 583 g/mol. The molecule has 3 aromatic rings. The number of hydrogen-bond donors (Lipinski definition) is 2. The predicted octanol–water partition coefficient (Wildman–Crippen LogP) is 0.898. The molecule has 4 rings (SSSR count). The summed E-state index contributed by atoms with van der Waals surface area (Å²) in [6, 6.07) is 23.2. The minimum atomic E-state index is -4.69. The molecule has 0 unspecified atom stereocenters. The second-order valence-electron chi connectivity index (χ2n) is 8.48. The molecule has 0 saturated carbocycles. The molecule has 0 fully saturated rings. The van der Waals surface area contributed by atoms with Crippen LogP contribution in [0, 0.1) is 10.2 Å². The second kappa shape index (κ2) is 13.6. The number of rotatable bonds is 7. The van der Waals surface area contributed by atoms with Gasteiger partial charge in [0.05, 0.1) is 32.9 Å². The minimum Gasteiger partial charge on any atom is -0.497 e. The number of carbonyl (C=O) groups excluding carboxylic acids is 1. The number of amides is 1. The summed E-state index contributed by atoms with van der Waals surface area (Å²) in [5, 5.41) is 11.3. The van der Waals surface area contributed by atoms with Crippen molar-refractivity contribution >= 4 is 35.0 Å². The van der Waals surface area contributed by atoms with Crippen LogP contribution in [0.3, 0.4) is 0 Å². The van der Waals surface area contributed by atoms with Crippen molar-refractivity contribution in [1.29, 1.82) is 0 Å². The van der Waals surface area contributed by atoms with Crippen molar-refractivity contribution in [1.82, 2.24) is 4.90 Å². The van der Waals surface area contributed by atoms with Gasteiger partial charge in [0.1, 0.15) is 11.9 Å². The number of anilines is 1. The highest BCUT2D eigenvalue weighted by Gasteiger charge is 2.37. The molecule has 1 aliphatic heterocycles. The molecule has 1 heterocycles. The number of aliphatic hydroxyl groups excluding tert-OH is 1. The van der Waals surface area contributed by atoms with Crippen LogP contribution in [-0.4, -0.2) is 53.9 Å². The fourth-order valence-electron chi connectivity index (χ4n) is 3.93. The highest BCUT2D eigenvalue weighted by molar-refractivity contribution is 7.99. The summed E-state index contributed by atoms with van der Waals surface area (Å²) in [7, 11) is -1.05. The van der Waals surface area contributed by atoms with Crippen LogP contribution in [0.4, 0.5) is 5.69 Å². The lowest BCUT2D eigenvalue weighted by Gasteiger charge is -2.27. The van der Waals surface area contributed by atoms with Crippen molar-refractivity contribution in [2.45, 2.75) is 22.8 Å². The van der Waals surface area contributed by atoms with Crippen molar-refractivity contribution in [3.63, 3.8) is 0 Å². The number of ether oxygens (including phenoxy) is 1. The standard InChI is InChI=1S/C26H27ClN2O3S.ClHO4/c1-28(17-18-6-4-3-5-7-18)14-15-29-22-13-10-20(27)16-23(22)33-25(24(30)26(29)31)19-8-11-21(32-2)12-9-19;2-1(3,4)5/h3-13,16,24-25,30H,14-15,17H2,1-2H3;(H,2,3,4,5)/t24-,25+;/m0./s1. The molecule has 2 atom stereocenters. The summed E-state index contributed by atoms with van der Waals surface area (Å²) in [6.45, 7) is 1.90. The molecule has 1 aliphatic rings. The Balaban J connectivity index is 0.000000732. The fourth-order valence-corrected chi connectivity index (χ4v) is 5.48. The molecule has 0 saturated heterocycles. The fraction of sp³-hybridized carbons (Fsp3) is 0.269. The molecule has 204 valence electrons. The predicted molar refractivity (Wildman–Crippen MR) is 136 cm³/mol. The van der Waals surface area contributed by atoms with Gasteiger partial charge in [-0.2, -0.15) is 14.0 Å². The van der Waals surface area contributed by atoms with Gasteiger partial charge in [-0.3, -0.25) is 4.79 Å². The number of halogens is 2. The van der Waals surface area contributed by atoms with E-state index in [0.29, 0.717) is 18.1 Å². The lowest BCUT2D eigenvalue weighted by atomic mass is 10.1. The van der Waals surface area contributed by atoms with Gasteiger partial charge in [-0.05, 0) is 48.5 Å². The Kier molecular flexibility index (Phi) is 10.8. The SMILES string of the molecule is COc1ccc([C@H]2Sc3cc(Cl)ccc3N(CCN(C)Cc3ccccc3)C(=O)[C@H]2O)cc1.[O-][Cl+3]([O-])([O-])O. The summed E-state index contributed by atoms with van der Waals surface area (Å²) in [5.41, 5.74) is 2.85. The van der Waals surface area contributed by atoms with Crippen molar-refractivity contribution in [3.8, 4) is 5.75 Å². The number of carbonyl (C=O) groups is 1. The first-order valence-electron chi connectivity index (χ1n) is 11.4. The molecule has 0 aliphatic carbocycles. The van der Waals surface area contributed by atoms with Gasteiger partial charge in [0, 0.05) is 29.6 Å². The molecular weight excluding hydrogens is 555 g/mol. The highest BCUT2D eigenvalue weighted by atomic mass is 35.7. The third-order valence-corrected chi connectivity index (χ3v) is 7.32. The number of fused-ring (bicyclic) bond motifs is 1. The van der Waals surface area contributed by atoms with Crippen LogP contribution in [0.1, 0.15) is 16.4 Å². The Bertz CT molecular complexity index is 1190. The van der Waals surface area contributed by atoms with Crippen LogP contribution < -0.4 is 23.6 Å². The largest absolute Gasteiger partial charge is 0.497 e. The van der Waals surface area contributed by atoms with Gasteiger partial charge in [0.15, 0.2) is 0 Å². The molecule has 2 N–H and O–H groups in total. The molecule has 38 heavy (non-hydrogen) atoms. The number of hydrogen-bond acceptors (Lipinski definition) is 9. The van der Waals surface area contributed by atoms with Gasteiger partial charge in [-0.15, -0.1) is 11.8 Å². The van der Waals surface area contributed by atoms with Crippen molar-refractivity contribution in [2.24, 2.45) is 0 Å². The molecular formula is C26H28Cl2N2O7S. The van der Waals surface area contributed by atoms with Gasteiger partial charge >= 0.3 is 0 Å². The Labute approximate surface area is 232 Å². The maximum absolute atomic E-state index is 13.5. The van der Waals surface area contributed by atoms with Gasteiger partial charge in [0.25, 0.3) is 5.91 Å². The number of aliphatic hydroxyl groups is 1. The molecule has 9 nitrogen and oxygen atoms in total. The third kappa shape index (κ3) is 8.84. The molecule has 0 aromatic heterocycles. The van der Waals surface area contributed by atoms with Crippen molar-refractivity contribution in [2.75, 3.05) is 32.1 Å². The number of nitrogens with zero attached hydrogens (tertiary/aromatic N) is 2. The lowest BCUT2D eigenvalue weighted by Crippen LogP contribution is -2.58. The Morgan fingerprint density at radius 1 is 1.08 bits per heavy atom. The maximum atomic E-state index is 13.5. The molecule has 3 aromatic carbocycles. The molecule has 1 amide bonds. The van der Waals surface area contributed by atoms with E-state index >= 15 is 0 Å². The summed E-state index contributed by atoms with van der Waals surface area (Å²) in [5.74, 6) is 0.419. The summed E-state index contributed by atoms with van der Waals surface area (Å²) in [6.07, 6.45) is -1.19. The topological polar surface area (TPSA) is 142 Å². The van der Waals surface area contributed by atoms with Crippen molar-refractivity contribution in [3.05, 3.63) is 88.9 Å². The smallest absolute Gasteiger partial charge is 0.257 e. The van der Waals surface area contributed by atoms with E-state index in [2.05, 4.69) is 17.0 Å². The maximum Gasteiger partial charge on any atom is 0.257 e. The van der Waals surface area contributed by atoms with Crippen LogP contribution in [-0.2, 0) is 11.3 Å². The van der Waals surface area contributed by atoms with Gasteiger partial charge in [0.2, 0.25) is 0 Å². The number of methoxy groups -OCH3 is 1. The van der Waals surface area contributed by atoms with E-state index < -0.39 is 21.6 Å². The van der Waals surface area contributed by atoms with Crippen LogP contribution in [0.5, 0.6) is 5.75 Å². The molecule has 0 radical (unpaired) electrons. The molecule has 0 spiro atoms. The van der Waals surface area contributed by atoms with Gasteiger partial charge in [-0.25, -0.2) is 0 Å². The first-order valence-corrected chi connectivity index (χ1v) is 13.9. The minimum absolute atomic E-state index is 0.308. The summed E-state index contributed by atoms with van der Waals surface area (Å²) in [4.78, 5) is 18.2. The number of thioether (sulfide) groups is 1. The second-order valence-corrected chi connectivity index (χ2v) is 10.9. The first kappa shape index (κ1) is 30.2. The monoisotopic (exact) mass is 582 g/mol. The molecule has 12 heteroatoms. The Morgan fingerprint density at radius 2 is 1.71 bits per heavy atom. The summed E-state index contributed by atoms with van der Waals surface area (Å²) < 4.78 is 38.0. The lowest BCUT2D eigenvalue weighted by molar-refractivity contribution is -1.92. The Morgan fingerprint density at radius 3 is 2.32 bits per heavy atom. The third-order valence-electron chi connectivity index (χ3n) is 5.72. The van der Waals surface area contributed by atoms with Crippen LogP contribution >= 0.6 is 23.4 Å². The molecule has 0 bridgehead atoms. The van der Waals surface area contributed by atoms with Crippen LogP contribution in [0.15, 0.2) is 77.7 Å². The first-order chi connectivity index (χ1) is 18.0. The van der Waals surface area contributed by atoms with E-state index in [4.69, 9.17) is 35.0 Å². The van der Waals surface area contributed by atoms with E-state index in [9.17, 15) is 9.90 Å². The number of benzene rings is 3. The zero-order valence-electron chi connectivity index (χ0n) is 20.7. The normalized spacial score (nSPS) is 17.4. The Hall–Kier alpha value is -2.38. The van der Waals surface area contributed by atoms with Crippen LogP contribution in [0.2, 0.25) is 5.02 Å². The van der Waals surface area contributed by atoms with E-state index in [1.807, 2.05) is 61.6 Å². The van der Waals surface area contributed by atoms with Gasteiger partial charge < -0.3 is 19.6 Å². The van der Waals surface area contributed by atoms with E-state index in [-0.39, 0.29) is 5.91 Å². The van der Waals surface area contributed by atoms with E-state index in [0.717, 1.165) is 28.4 Å². The quantitative estimate of drug-likeness (QED) is 0.415. The zero-order valence-corrected chi connectivity index (χ0v) is 23.0. The van der Waals surface area contributed by atoms with Crippen LogP contribution in [0.25, 0.3) is 0 Å². The van der Waals surface area contributed by atoms with E-state index in [1.54, 1.807) is 18.1 Å². The number of likely N-dealkylation sites (N-methyl/N-ethyl adjacent to an activating group) is 1.